The van der Waals surface area contributed by atoms with Crippen LogP contribution in [0.25, 0.3) is 11.4 Å². The first-order valence-corrected chi connectivity index (χ1v) is 7.62. The van der Waals surface area contributed by atoms with Gasteiger partial charge in [-0.05, 0) is 24.3 Å². The van der Waals surface area contributed by atoms with Crippen LogP contribution in [0.5, 0.6) is 5.75 Å². The van der Waals surface area contributed by atoms with E-state index < -0.39 is 5.91 Å². The smallest absolute Gasteiger partial charge is 0.227 e. The van der Waals surface area contributed by atoms with Crippen LogP contribution in [0.2, 0.25) is 0 Å². The molecule has 0 saturated carbocycles. The summed E-state index contributed by atoms with van der Waals surface area (Å²) in [6.45, 7) is 1.11. The highest BCUT2D eigenvalue weighted by molar-refractivity contribution is 7.99. The fourth-order valence-electron chi connectivity index (χ4n) is 1.87. The van der Waals surface area contributed by atoms with E-state index in [2.05, 4.69) is 10.2 Å². The van der Waals surface area contributed by atoms with Gasteiger partial charge in [0.15, 0.2) is 11.0 Å². The first-order chi connectivity index (χ1) is 10.7. The fourth-order valence-corrected chi connectivity index (χ4v) is 2.57. The largest absolute Gasteiger partial charge is 0.497 e. The molecule has 0 radical (unpaired) electrons. The zero-order chi connectivity index (χ0) is 15.9. The molecule has 0 saturated heterocycles. The van der Waals surface area contributed by atoms with Gasteiger partial charge >= 0.3 is 0 Å². The Bertz CT molecular complexity index is 628. The Labute approximate surface area is 132 Å². The van der Waals surface area contributed by atoms with Gasteiger partial charge in [-0.25, -0.2) is 0 Å². The molecule has 0 aliphatic heterocycles. The first-order valence-electron chi connectivity index (χ1n) is 6.63. The highest BCUT2D eigenvalue weighted by atomic mass is 32.2. The molecule has 22 heavy (non-hydrogen) atoms. The van der Waals surface area contributed by atoms with Gasteiger partial charge in [0.2, 0.25) is 5.91 Å². The Kier molecular flexibility index (Phi) is 5.79. The van der Waals surface area contributed by atoms with Crippen molar-refractivity contribution in [3.63, 3.8) is 0 Å². The number of nitrogens with zero attached hydrogens (tertiary/aromatic N) is 3. The summed E-state index contributed by atoms with van der Waals surface area (Å²) >= 11 is 1.26. The van der Waals surface area contributed by atoms with E-state index in [0.717, 1.165) is 11.3 Å². The quantitative estimate of drug-likeness (QED) is 0.734. The van der Waals surface area contributed by atoms with Gasteiger partial charge in [-0.1, -0.05) is 11.8 Å². The molecule has 0 bridgehead atoms. The molecule has 0 unspecified atom stereocenters. The van der Waals surface area contributed by atoms with E-state index in [1.54, 1.807) is 14.2 Å². The third-order valence-electron chi connectivity index (χ3n) is 2.93. The third-order valence-corrected chi connectivity index (χ3v) is 3.92. The lowest BCUT2D eigenvalue weighted by Gasteiger charge is -2.09. The Morgan fingerprint density at radius 2 is 2.00 bits per heavy atom. The van der Waals surface area contributed by atoms with E-state index >= 15 is 0 Å². The molecular formula is C14H18N4O3S. The molecule has 2 N–H and O–H groups in total. The van der Waals surface area contributed by atoms with E-state index in [-0.39, 0.29) is 5.75 Å². The summed E-state index contributed by atoms with van der Waals surface area (Å²) in [6.07, 6.45) is 0. The maximum absolute atomic E-state index is 11.0. The summed E-state index contributed by atoms with van der Waals surface area (Å²) in [5.41, 5.74) is 6.10. The number of benzene rings is 1. The topological polar surface area (TPSA) is 92.3 Å². The number of hydrogen-bond acceptors (Lipinski definition) is 6. The van der Waals surface area contributed by atoms with Gasteiger partial charge in [-0.15, -0.1) is 10.2 Å². The zero-order valence-electron chi connectivity index (χ0n) is 12.5. The minimum Gasteiger partial charge on any atom is -0.497 e. The summed E-state index contributed by atoms with van der Waals surface area (Å²) in [4.78, 5) is 11.0. The summed E-state index contributed by atoms with van der Waals surface area (Å²) in [5, 5.41) is 9.00. The van der Waals surface area contributed by atoms with Crippen molar-refractivity contribution in [3.05, 3.63) is 24.3 Å². The van der Waals surface area contributed by atoms with Crippen molar-refractivity contribution in [2.24, 2.45) is 5.73 Å². The van der Waals surface area contributed by atoms with Gasteiger partial charge in [0.25, 0.3) is 0 Å². The van der Waals surface area contributed by atoms with Crippen LogP contribution >= 0.6 is 11.8 Å². The molecule has 7 nitrogen and oxygen atoms in total. The summed E-state index contributed by atoms with van der Waals surface area (Å²) in [7, 11) is 3.25. The average molecular weight is 322 g/mol. The number of methoxy groups -OCH3 is 2. The van der Waals surface area contributed by atoms with Gasteiger partial charge in [0, 0.05) is 12.7 Å². The number of thioether (sulfide) groups is 1. The standard InChI is InChI=1S/C14H18N4O3S/c1-20-8-7-18-13(10-3-5-11(21-2)6-4-10)16-17-14(18)22-9-12(15)19/h3-6H,7-9H2,1-2H3,(H2,15,19). The molecule has 0 spiro atoms. The predicted octanol–water partition coefficient (Wildman–Crippen LogP) is 1.18. The molecule has 1 aromatic heterocycles. The maximum atomic E-state index is 11.0. The number of primary amides is 1. The van der Waals surface area contributed by atoms with Crippen LogP contribution in [-0.4, -0.2) is 47.3 Å². The van der Waals surface area contributed by atoms with Crippen molar-refractivity contribution >= 4 is 17.7 Å². The van der Waals surface area contributed by atoms with Gasteiger partial charge in [-0.2, -0.15) is 0 Å². The minimum absolute atomic E-state index is 0.160. The SMILES string of the molecule is COCCn1c(SCC(N)=O)nnc1-c1ccc(OC)cc1. The van der Waals surface area contributed by atoms with Gasteiger partial charge in [0.05, 0.1) is 26.0 Å². The van der Waals surface area contributed by atoms with Crippen molar-refractivity contribution in [3.8, 4) is 17.1 Å². The Morgan fingerprint density at radius 1 is 1.27 bits per heavy atom. The number of nitrogens with two attached hydrogens (primary N) is 1. The van der Waals surface area contributed by atoms with E-state index in [1.165, 1.54) is 11.8 Å². The number of hydrogen-bond donors (Lipinski definition) is 1. The molecule has 1 aromatic carbocycles. The lowest BCUT2D eigenvalue weighted by molar-refractivity contribution is -0.115. The molecule has 2 aromatic rings. The van der Waals surface area contributed by atoms with Gasteiger partial charge < -0.3 is 15.2 Å². The number of aromatic nitrogens is 3. The minimum atomic E-state index is -0.391. The second-order valence-electron chi connectivity index (χ2n) is 4.43. The molecular weight excluding hydrogens is 304 g/mol. The monoisotopic (exact) mass is 322 g/mol. The van der Waals surface area contributed by atoms with E-state index in [1.807, 2.05) is 28.8 Å². The summed E-state index contributed by atoms with van der Waals surface area (Å²) < 4.78 is 12.2. The summed E-state index contributed by atoms with van der Waals surface area (Å²) in [6, 6.07) is 7.55. The van der Waals surface area contributed by atoms with Crippen LogP contribution in [0.1, 0.15) is 0 Å². The molecule has 0 fully saturated rings. The molecule has 0 aliphatic carbocycles. The number of amides is 1. The van der Waals surface area contributed by atoms with Crippen LogP contribution in [0.4, 0.5) is 0 Å². The van der Waals surface area contributed by atoms with Crippen LogP contribution in [0.3, 0.4) is 0 Å². The fraction of sp³-hybridized carbons (Fsp3) is 0.357. The van der Waals surface area contributed by atoms with Crippen LogP contribution in [-0.2, 0) is 16.1 Å². The predicted molar refractivity (Wildman–Crippen MR) is 83.8 cm³/mol. The average Bonchev–Trinajstić information content (AvgIpc) is 2.93. The Balaban J connectivity index is 2.30. The van der Waals surface area contributed by atoms with E-state index in [4.69, 9.17) is 15.2 Å². The van der Waals surface area contributed by atoms with Crippen molar-refractivity contribution in [1.82, 2.24) is 14.8 Å². The number of rotatable bonds is 8. The second-order valence-corrected chi connectivity index (χ2v) is 5.38. The lowest BCUT2D eigenvalue weighted by Crippen LogP contribution is -2.14. The molecule has 1 heterocycles. The van der Waals surface area contributed by atoms with Crippen molar-refractivity contribution in [2.45, 2.75) is 11.7 Å². The van der Waals surface area contributed by atoms with E-state index in [9.17, 15) is 4.79 Å². The third kappa shape index (κ3) is 3.99. The maximum Gasteiger partial charge on any atom is 0.227 e. The molecule has 8 heteroatoms. The second kappa shape index (κ2) is 7.81. The number of carbonyl (C=O) groups excluding carboxylic acids is 1. The van der Waals surface area contributed by atoms with Crippen molar-refractivity contribution in [1.29, 1.82) is 0 Å². The Morgan fingerprint density at radius 3 is 2.59 bits per heavy atom. The Hall–Kier alpha value is -2.06. The molecule has 118 valence electrons. The van der Waals surface area contributed by atoms with Crippen LogP contribution in [0.15, 0.2) is 29.4 Å². The highest BCUT2D eigenvalue weighted by Crippen LogP contribution is 2.25. The molecule has 0 aliphatic rings. The normalized spacial score (nSPS) is 10.6. The van der Waals surface area contributed by atoms with Gasteiger partial charge in [-0.3, -0.25) is 9.36 Å². The summed E-state index contributed by atoms with van der Waals surface area (Å²) in [5.74, 6) is 1.26. The molecule has 1 amide bonds. The van der Waals surface area contributed by atoms with Crippen LogP contribution < -0.4 is 10.5 Å². The van der Waals surface area contributed by atoms with Gasteiger partial charge in [0.1, 0.15) is 5.75 Å². The highest BCUT2D eigenvalue weighted by Gasteiger charge is 2.15. The van der Waals surface area contributed by atoms with Crippen LogP contribution in [0, 0.1) is 0 Å². The number of ether oxygens (including phenoxy) is 2. The molecule has 2 rings (SSSR count). The van der Waals surface area contributed by atoms with Crippen molar-refractivity contribution < 1.29 is 14.3 Å². The molecule has 0 atom stereocenters. The van der Waals surface area contributed by atoms with Crippen molar-refractivity contribution in [2.75, 3.05) is 26.6 Å². The zero-order valence-corrected chi connectivity index (χ0v) is 13.3. The number of carbonyl (C=O) groups is 1. The van der Waals surface area contributed by atoms with E-state index in [0.29, 0.717) is 24.1 Å². The lowest BCUT2D eigenvalue weighted by atomic mass is 10.2. The first kappa shape index (κ1) is 16.3.